The van der Waals surface area contributed by atoms with Crippen LogP contribution in [0.2, 0.25) is 0 Å². The molecule has 2 aromatic carbocycles. The molecule has 0 atom stereocenters. The van der Waals surface area contributed by atoms with Gasteiger partial charge in [-0.25, -0.2) is 4.98 Å². The third-order valence-corrected chi connectivity index (χ3v) is 3.76. The van der Waals surface area contributed by atoms with Gasteiger partial charge in [0, 0.05) is 23.1 Å². The lowest BCUT2D eigenvalue weighted by molar-refractivity contribution is 1.11. The van der Waals surface area contributed by atoms with E-state index in [4.69, 9.17) is 5.26 Å². The molecule has 0 saturated carbocycles. The van der Waals surface area contributed by atoms with Gasteiger partial charge in [0.05, 0.1) is 11.6 Å². The highest BCUT2D eigenvalue weighted by Gasteiger charge is 2.06. The Bertz CT molecular complexity index is 957. The average molecular weight is 329 g/mol. The number of aromatic nitrogens is 2. The van der Waals surface area contributed by atoms with Crippen LogP contribution in [0.25, 0.3) is 0 Å². The fraction of sp³-hybridized carbons (Fsp3) is 0.150. The van der Waals surface area contributed by atoms with Gasteiger partial charge in [0.2, 0.25) is 5.95 Å². The van der Waals surface area contributed by atoms with Gasteiger partial charge in [-0.1, -0.05) is 18.2 Å². The number of nitrogens with one attached hydrogen (secondary N) is 2. The number of anilines is 4. The van der Waals surface area contributed by atoms with Crippen molar-refractivity contribution in [2.45, 2.75) is 20.8 Å². The van der Waals surface area contributed by atoms with E-state index in [1.807, 2.05) is 25.1 Å². The lowest BCUT2D eigenvalue weighted by Gasteiger charge is -2.12. The molecule has 124 valence electrons. The molecular formula is C20H19N5. The second-order valence-corrected chi connectivity index (χ2v) is 5.98. The molecule has 1 heterocycles. The second kappa shape index (κ2) is 7.02. The average Bonchev–Trinajstić information content (AvgIpc) is 2.58. The van der Waals surface area contributed by atoms with E-state index in [1.54, 1.807) is 12.1 Å². The van der Waals surface area contributed by atoms with Crippen LogP contribution in [0.4, 0.5) is 23.1 Å². The van der Waals surface area contributed by atoms with Crippen LogP contribution >= 0.6 is 0 Å². The highest BCUT2D eigenvalue weighted by Crippen LogP contribution is 2.23. The zero-order valence-corrected chi connectivity index (χ0v) is 14.5. The zero-order chi connectivity index (χ0) is 17.8. The number of aryl methyl sites for hydroxylation is 3. The Morgan fingerprint density at radius 3 is 2.56 bits per heavy atom. The van der Waals surface area contributed by atoms with Gasteiger partial charge >= 0.3 is 0 Å². The molecule has 2 N–H and O–H groups in total. The maximum atomic E-state index is 9.01. The third-order valence-electron chi connectivity index (χ3n) is 3.76. The summed E-state index contributed by atoms with van der Waals surface area (Å²) in [5.41, 5.74) is 5.58. The zero-order valence-electron chi connectivity index (χ0n) is 14.5. The summed E-state index contributed by atoms with van der Waals surface area (Å²) in [6.07, 6.45) is 0. The summed E-state index contributed by atoms with van der Waals surface area (Å²) in [5.74, 6) is 1.21. The van der Waals surface area contributed by atoms with Crippen molar-refractivity contribution >= 4 is 23.1 Å². The fourth-order valence-electron chi connectivity index (χ4n) is 2.49. The van der Waals surface area contributed by atoms with Crippen molar-refractivity contribution < 1.29 is 0 Å². The highest BCUT2D eigenvalue weighted by atomic mass is 15.1. The van der Waals surface area contributed by atoms with Crippen LogP contribution in [-0.4, -0.2) is 9.97 Å². The number of benzene rings is 2. The van der Waals surface area contributed by atoms with E-state index in [-0.39, 0.29) is 0 Å². The second-order valence-electron chi connectivity index (χ2n) is 5.98. The van der Waals surface area contributed by atoms with Gasteiger partial charge in [-0.3, -0.25) is 0 Å². The summed E-state index contributed by atoms with van der Waals surface area (Å²) in [6, 6.07) is 17.5. The predicted octanol–water partition coefficient (Wildman–Crippen LogP) is 4.76. The highest BCUT2D eigenvalue weighted by molar-refractivity contribution is 5.63. The molecule has 0 amide bonds. The van der Waals surface area contributed by atoms with Gasteiger partial charge in [0.1, 0.15) is 5.82 Å². The Hall–Kier alpha value is -3.39. The van der Waals surface area contributed by atoms with Gasteiger partial charge in [-0.2, -0.15) is 10.2 Å². The Morgan fingerprint density at radius 1 is 0.920 bits per heavy atom. The minimum atomic E-state index is 0.489. The maximum Gasteiger partial charge on any atom is 0.229 e. The first-order chi connectivity index (χ1) is 12.0. The molecule has 3 aromatic rings. The monoisotopic (exact) mass is 329 g/mol. The summed E-state index contributed by atoms with van der Waals surface area (Å²) >= 11 is 0. The molecule has 0 aliphatic heterocycles. The van der Waals surface area contributed by atoms with E-state index in [0.29, 0.717) is 11.5 Å². The van der Waals surface area contributed by atoms with Crippen molar-refractivity contribution in [1.82, 2.24) is 9.97 Å². The molecule has 0 bridgehead atoms. The number of rotatable bonds is 4. The molecule has 0 radical (unpaired) electrons. The number of hydrogen-bond donors (Lipinski definition) is 2. The first kappa shape index (κ1) is 16.5. The van der Waals surface area contributed by atoms with Gasteiger partial charge in [-0.05, 0) is 56.2 Å². The first-order valence-electron chi connectivity index (χ1n) is 8.00. The Balaban J connectivity index is 1.87. The first-order valence-corrected chi connectivity index (χ1v) is 8.00. The van der Waals surface area contributed by atoms with Crippen molar-refractivity contribution in [1.29, 1.82) is 5.26 Å². The molecule has 5 nitrogen and oxygen atoms in total. The molecule has 0 aliphatic rings. The van der Waals surface area contributed by atoms with E-state index < -0.39 is 0 Å². The summed E-state index contributed by atoms with van der Waals surface area (Å²) < 4.78 is 0. The predicted molar refractivity (Wildman–Crippen MR) is 100 cm³/mol. The summed E-state index contributed by atoms with van der Waals surface area (Å²) in [6.45, 7) is 6.04. The lowest BCUT2D eigenvalue weighted by Crippen LogP contribution is -2.03. The molecule has 0 saturated heterocycles. The van der Waals surface area contributed by atoms with Crippen LogP contribution in [0, 0.1) is 32.1 Å². The normalized spacial score (nSPS) is 10.2. The van der Waals surface area contributed by atoms with E-state index >= 15 is 0 Å². The lowest BCUT2D eigenvalue weighted by atomic mass is 10.1. The van der Waals surface area contributed by atoms with Crippen molar-refractivity contribution in [3.8, 4) is 6.07 Å². The molecule has 25 heavy (non-hydrogen) atoms. The number of hydrogen-bond acceptors (Lipinski definition) is 5. The molecule has 0 fully saturated rings. The summed E-state index contributed by atoms with van der Waals surface area (Å²) in [4.78, 5) is 8.96. The van der Waals surface area contributed by atoms with Crippen LogP contribution in [0.5, 0.6) is 0 Å². The molecule has 5 heteroatoms. The quantitative estimate of drug-likeness (QED) is 0.722. The van der Waals surface area contributed by atoms with Crippen LogP contribution < -0.4 is 10.6 Å². The largest absolute Gasteiger partial charge is 0.340 e. The van der Waals surface area contributed by atoms with E-state index in [0.717, 1.165) is 28.5 Å². The van der Waals surface area contributed by atoms with E-state index in [1.165, 1.54) is 5.56 Å². The summed E-state index contributed by atoms with van der Waals surface area (Å²) in [5, 5.41) is 15.5. The maximum absolute atomic E-state index is 9.01. The van der Waals surface area contributed by atoms with Crippen LogP contribution in [0.3, 0.4) is 0 Å². The standard InChI is InChI=1S/C20H19N5/c1-13-7-8-14(2)18(9-13)24-19-10-15(3)22-20(25-19)23-17-6-4-5-16(11-17)12-21/h4-11H,1-3H3,(H2,22,23,24,25). The van der Waals surface area contributed by atoms with Crippen LogP contribution in [0.15, 0.2) is 48.5 Å². The smallest absolute Gasteiger partial charge is 0.229 e. The molecule has 0 spiro atoms. The van der Waals surface area contributed by atoms with Gasteiger partial charge in [-0.15, -0.1) is 0 Å². The minimum absolute atomic E-state index is 0.489. The Labute approximate surface area is 147 Å². The summed E-state index contributed by atoms with van der Waals surface area (Å²) in [7, 11) is 0. The van der Waals surface area contributed by atoms with Crippen LogP contribution in [0.1, 0.15) is 22.4 Å². The molecule has 0 aliphatic carbocycles. The van der Waals surface area contributed by atoms with E-state index in [2.05, 4.69) is 58.7 Å². The topological polar surface area (TPSA) is 73.6 Å². The number of nitrogens with zero attached hydrogens (tertiary/aromatic N) is 3. The van der Waals surface area contributed by atoms with Gasteiger partial charge < -0.3 is 10.6 Å². The van der Waals surface area contributed by atoms with Crippen molar-refractivity contribution in [2.75, 3.05) is 10.6 Å². The Kier molecular flexibility index (Phi) is 4.62. The fourth-order valence-corrected chi connectivity index (χ4v) is 2.49. The van der Waals surface area contributed by atoms with Gasteiger partial charge in [0.25, 0.3) is 0 Å². The molecular weight excluding hydrogens is 310 g/mol. The third kappa shape index (κ3) is 4.12. The van der Waals surface area contributed by atoms with Gasteiger partial charge in [0.15, 0.2) is 0 Å². The van der Waals surface area contributed by atoms with E-state index in [9.17, 15) is 0 Å². The molecule has 0 unspecified atom stereocenters. The molecule has 1 aromatic heterocycles. The van der Waals surface area contributed by atoms with Crippen LogP contribution in [-0.2, 0) is 0 Å². The Morgan fingerprint density at radius 2 is 1.76 bits per heavy atom. The van der Waals surface area contributed by atoms with Crippen molar-refractivity contribution in [2.24, 2.45) is 0 Å². The molecule has 3 rings (SSSR count). The van der Waals surface area contributed by atoms with Crippen molar-refractivity contribution in [3.05, 3.63) is 70.9 Å². The SMILES string of the molecule is Cc1ccc(C)c(Nc2cc(C)nc(Nc3cccc(C#N)c3)n2)c1. The minimum Gasteiger partial charge on any atom is -0.340 e. The number of nitriles is 1. The van der Waals surface area contributed by atoms with Crippen molar-refractivity contribution in [3.63, 3.8) is 0 Å².